The molecule has 2 aromatic rings. The van der Waals surface area contributed by atoms with Gasteiger partial charge in [0.05, 0.1) is 6.33 Å². The SMILES string of the molecule is O=c1[nH]cnc(Sc2ncn[nH]2)c1Br. The van der Waals surface area contributed by atoms with Gasteiger partial charge in [-0.25, -0.2) is 9.97 Å². The number of H-pyrrole nitrogens is 2. The van der Waals surface area contributed by atoms with Crippen molar-refractivity contribution in [1.29, 1.82) is 0 Å². The maximum atomic E-state index is 11.2. The van der Waals surface area contributed by atoms with E-state index in [0.717, 1.165) is 0 Å². The van der Waals surface area contributed by atoms with Crippen molar-refractivity contribution >= 4 is 27.7 Å². The molecule has 2 aromatic heterocycles. The predicted molar refractivity (Wildman–Crippen MR) is 53.1 cm³/mol. The van der Waals surface area contributed by atoms with Crippen LogP contribution in [-0.2, 0) is 0 Å². The fourth-order valence-electron chi connectivity index (χ4n) is 0.773. The average molecular weight is 274 g/mol. The molecule has 0 unspecified atom stereocenters. The minimum absolute atomic E-state index is 0.220. The highest BCUT2D eigenvalue weighted by Crippen LogP contribution is 2.25. The molecule has 0 spiro atoms. The number of aromatic nitrogens is 5. The van der Waals surface area contributed by atoms with E-state index < -0.39 is 0 Å². The van der Waals surface area contributed by atoms with E-state index in [1.807, 2.05) is 0 Å². The summed E-state index contributed by atoms with van der Waals surface area (Å²) in [5.41, 5.74) is -0.220. The zero-order valence-corrected chi connectivity index (χ0v) is 9.09. The molecule has 2 N–H and O–H groups in total. The Morgan fingerprint density at radius 1 is 1.43 bits per heavy atom. The second-order valence-electron chi connectivity index (χ2n) is 2.24. The van der Waals surface area contributed by atoms with Crippen molar-refractivity contribution in [2.45, 2.75) is 10.2 Å². The van der Waals surface area contributed by atoms with Gasteiger partial charge in [-0.15, -0.1) is 0 Å². The Kier molecular flexibility index (Phi) is 2.64. The Balaban J connectivity index is 2.34. The number of hydrogen-bond acceptors (Lipinski definition) is 5. The molecule has 72 valence electrons. The largest absolute Gasteiger partial charge is 0.312 e. The lowest BCUT2D eigenvalue weighted by Crippen LogP contribution is -2.07. The van der Waals surface area contributed by atoms with Gasteiger partial charge >= 0.3 is 0 Å². The fraction of sp³-hybridized carbons (Fsp3) is 0. The Labute approximate surface area is 90.7 Å². The molecular weight excluding hydrogens is 270 g/mol. The van der Waals surface area contributed by atoms with E-state index in [2.05, 4.69) is 41.1 Å². The predicted octanol–water partition coefficient (Wildman–Crippen LogP) is 0.802. The van der Waals surface area contributed by atoms with Crippen molar-refractivity contribution in [2.75, 3.05) is 0 Å². The van der Waals surface area contributed by atoms with Crippen molar-refractivity contribution in [3.05, 3.63) is 27.5 Å². The van der Waals surface area contributed by atoms with E-state index in [4.69, 9.17) is 0 Å². The van der Waals surface area contributed by atoms with E-state index in [-0.39, 0.29) is 5.56 Å². The molecule has 0 amide bonds. The first-order valence-corrected chi connectivity index (χ1v) is 5.14. The molecule has 0 aliphatic carbocycles. The van der Waals surface area contributed by atoms with Crippen LogP contribution < -0.4 is 5.56 Å². The van der Waals surface area contributed by atoms with Crippen molar-refractivity contribution in [3.8, 4) is 0 Å². The van der Waals surface area contributed by atoms with Crippen LogP contribution in [0.15, 0.2) is 32.1 Å². The first-order chi connectivity index (χ1) is 6.77. The van der Waals surface area contributed by atoms with Gasteiger partial charge in [-0.3, -0.25) is 9.89 Å². The van der Waals surface area contributed by atoms with E-state index >= 15 is 0 Å². The Morgan fingerprint density at radius 3 is 3.00 bits per heavy atom. The van der Waals surface area contributed by atoms with Crippen LogP contribution in [-0.4, -0.2) is 25.1 Å². The number of hydrogen-bond donors (Lipinski definition) is 2. The maximum absolute atomic E-state index is 11.2. The highest BCUT2D eigenvalue weighted by Gasteiger charge is 2.08. The fourth-order valence-corrected chi connectivity index (χ4v) is 1.90. The summed E-state index contributed by atoms with van der Waals surface area (Å²) in [5.74, 6) is 0. The molecule has 0 aliphatic heterocycles. The molecule has 2 rings (SSSR count). The Morgan fingerprint density at radius 2 is 2.29 bits per heavy atom. The lowest BCUT2D eigenvalue weighted by Gasteiger charge is -1.97. The van der Waals surface area contributed by atoms with Gasteiger partial charge in [0, 0.05) is 0 Å². The summed E-state index contributed by atoms with van der Waals surface area (Å²) in [6.45, 7) is 0. The van der Waals surface area contributed by atoms with Gasteiger partial charge in [0.15, 0.2) is 5.16 Å². The van der Waals surface area contributed by atoms with Crippen molar-refractivity contribution in [1.82, 2.24) is 25.1 Å². The van der Waals surface area contributed by atoms with E-state index in [1.165, 1.54) is 24.4 Å². The zero-order chi connectivity index (χ0) is 9.97. The third-order valence-electron chi connectivity index (χ3n) is 1.35. The number of aromatic amines is 2. The summed E-state index contributed by atoms with van der Waals surface area (Å²) >= 11 is 4.36. The van der Waals surface area contributed by atoms with Gasteiger partial charge in [-0.1, -0.05) is 0 Å². The second-order valence-corrected chi connectivity index (χ2v) is 4.01. The Bertz CT molecular complexity index is 481. The molecule has 0 fully saturated rings. The van der Waals surface area contributed by atoms with Gasteiger partial charge in [-0.05, 0) is 27.7 Å². The zero-order valence-electron chi connectivity index (χ0n) is 6.69. The summed E-state index contributed by atoms with van der Waals surface area (Å²) in [6.07, 6.45) is 2.73. The molecule has 0 aliphatic rings. The van der Waals surface area contributed by atoms with Crippen molar-refractivity contribution in [3.63, 3.8) is 0 Å². The van der Waals surface area contributed by atoms with Crippen LogP contribution in [0, 0.1) is 0 Å². The van der Waals surface area contributed by atoms with Gasteiger partial charge in [0.2, 0.25) is 0 Å². The van der Waals surface area contributed by atoms with Crippen molar-refractivity contribution < 1.29 is 0 Å². The van der Waals surface area contributed by atoms with Gasteiger partial charge in [0.25, 0.3) is 5.56 Å². The summed E-state index contributed by atoms with van der Waals surface area (Å²) in [7, 11) is 0. The third kappa shape index (κ3) is 1.85. The van der Waals surface area contributed by atoms with Crippen LogP contribution in [0.4, 0.5) is 0 Å². The van der Waals surface area contributed by atoms with E-state index in [9.17, 15) is 4.79 Å². The van der Waals surface area contributed by atoms with E-state index in [1.54, 1.807) is 0 Å². The average Bonchev–Trinajstić information content (AvgIpc) is 2.66. The summed E-state index contributed by atoms with van der Waals surface area (Å²) < 4.78 is 0.390. The molecule has 0 saturated carbocycles. The van der Waals surface area contributed by atoms with Gasteiger partial charge in [-0.2, -0.15) is 5.10 Å². The summed E-state index contributed by atoms with van der Waals surface area (Å²) in [6, 6.07) is 0. The van der Waals surface area contributed by atoms with Crippen LogP contribution in [0.25, 0.3) is 0 Å². The summed E-state index contributed by atoms with van der Waals surface area (Å²) in [5, 5.41) is 7.48. The highest BCUT2D eigenvalue weighted by atomic mass is 79.9. The standard InChI is InChI=1S/C6H4BrN5OS/c7-3-4(13)8-1-9-5(3)14-6-10-2-11-12-6/h1-2H,(H,8,9,13)(H,10,11,12). The number of nitrogens with one attached hydrogen (secondary N) is 2. The quantitative estimate of drug-likeness (QED) is 0.791. The molecule has 8 heteroatoms. The van der Waals surface area contributed by atoms with Crippen molar-refractivity contribution in [2.24, 2.45) is 0 Å². The molecule has 0 atom stereocenters. The van der Waals surface area contributed by atoms with Crippen LogP contribution in [0.5, 0.6) is 0 Å². The molecule has 2 heterocycles. The second kappa shape index (κ2) is 3.93. The lowest BCUT2D eigenvalue weighted by atomic mass is 10.7. The summed E-state index contributed by atoms with van der Waals surface area (Å²) in [4.78, 5) is 21.5. The maximum Gasteiger partial charge on any atom is 0.266 e. The number of nitrogens with zero attached hydrogens (tertiary/aromatic N) is 3. The van der Waals surface area contributed by atoms with Crippen LogP contribution in [0.2, 0.25) is 0 Å². The van der Waals surface area contributed by atoms with E-state index in [0.29, 0.717) is 14.7 Å². The minimum atomic E-state index is -0.220. The lowest BCUT2D eigenvalue weighted by molar-refractivity contribution is 0.950. The topological polar surface area (TPSA) is 87.3 Å². The molecule has 6 nitrogen and oxygen atoms in total. The normalized spacial score (nSPS) is 10.4. The van der Waals surface area contributed by atoms with Crippen LogP contribution in [0.1, 0.15) is 0 Å². The van der Waals surface area contributed by atoms with Gasteiger partial charge < -0.3 is 4.98 Å². The molecule has 0 saturated heterocycles. The first-order valence-electron chi connectivity index (χ1n) is 3.54. The van der Waals surface area contributed by atoms with Crippen LogP contribution >= 0.6 is 27.7 Å². The highest BCUT2D eigenvalue weighted by molar-refractivity contribution is 9.10. The van der Waals surface area contributed by atoms with Gasteiger partial charge in [0.1, 0.15) is 15.8 Å². The minimum Gasteiger partial charge on any atom is -0.312 e. The monoisotopic (exact) mass is 273 g/mol. The van der Waals surface area contributed by atoms with Crippen LogP contribution in [0.3, 0.4) is 0 Å². The molecule has 0 bridgehead atoms. The smallest absolute Gasteiger partial charge is 0.266 e. The molecular formula is C6H4BrN5OS. The first kappa shape index (κ1) is 9.41. The molecule has 14 heavy (non-hydrogen) atoms. The third-order valence-corrected chi connectivity index (χ3v) is 3.24. The number of rotatable bonds is 2. The molecule has 0 aromatic carbocycles. The molecule has 0 radical (unpaired) electrons. The number of halogens is 1. The Hall–Kier alpha value is -1.15.